The number of amides is 4. The predicted octanol–water partition coefficient (Wildman–Crippen LogP) is -0.661. The molecule has 0 saturated carbocycles. The van der Waals surface area contributed by atoms with Crippen LogP contribution in [0.3, 0.4) is 0 Å². The molecule has 0 aromatic carbocycles. The van der Waals surface area contributed by atoms with Gasteiger partial charge in [0.05, 0.1) is 6.04 Å². The molecular weight excluding hydrogens is 456 g/mol. The van der Waals surface area contributed by atoms with Crippen LogP contribution in [0.25, 0.3) is 0 Å². The molecule has 0 radical (unpaired) electrons. The molecule has 0 fully saturated rings. The van der Waals surface area contributed by atoms with Crippen molar-refractivity contribution in [2.45, 2.75) is 96.8 Å². The standard InChI is InChI=1S/C23H44N6O6/c1-5-13(3)18(22(33)29-19(23(34)35)14(4)6-2)28-21(32)16(10-11-17(26)30)27-20(31)15(25)9-7-8-12-24/h13-16,18-19H,5-12,24-25H2,1-4H3,(H2,26,30)(H,27,31)(H,28,32)(H,29,33)(H,34,35). The lowest BCUT2D eigenvalue weighted by Crippen LogP contribution is -2.59. The third-order valence-electron chi connectivity index (χ3n) is 6.19. The maximum absolute atomic E-state index is 13.1. The molecule has 6 unspecified atom stereocenters. The third kappa shape index (κ3) is 12.0. The zero-order chi connectivity index (χ0) is 27.1. The first kappa shape index (κ1) is 32.3. The molecule has 0 aromatic rings. The number of carbonyl (C=O) groups is 5. The Bertz CT molecular complexity index is 719. The first-order valence-electron chi connectivity index (χ1n) is 12.3. The molecule has 0 aliphatic rings. The van der Waals surface area contributed by atoms with E-state index < -0.39 is 53.8 Å². The van der Waals surface area contributed by atoms with E-state index in [4.69, 9.17) is 17.2 Å². The third-order valence-corrected chi connectivity index (χ3v) is 6.19. The van der Waals surface area contributed by atoms with Crippen molar-refractivity contribution in [2.24, 2.45) is 29.0 Å². The first-order valence-corrected chi connectivity index (χ1v) is 12.3. The molecule has 35 heavy (non-hydrogen) atoms. The van der Waals surface area contributed by atoms with Gasteiger partial charge in [0.25, 0.3) is 0 Å². The number of hydrogen-bond donors (Lipinski definition) is 7. The monoisotopic (exact) mass is 500 g/mol. The topological polar surface area (TPSA) is 220 Å². The Morgan fingerprint density at radius 2 is 1.34 bits per heavy atom. The Morgan fingerprint density at radius 1 is 0.800 bits per heavy atom. The molecule has 0 spiro atoms. The summed E-state index contributed by atoms with van der Waals surface area (Å²) in [6, 6.07) is -4.19. The number of carbonyl (C=O) groups excluding carboxylic acids is 4. The summed E-state index contributed by atoms with van der Waals surface area (Å²) in [7, 11) is 0. The molecule has 0 rings (SSSR count). The van der Waals surface area contributed by atoms with Crippen LogP contribution in [-0.2, 0) is 24.0 Å². The summed E-state index contributed by atoms with van der Waals surface area (Å²) in [4.78, 5) is 61.6. The van der Waals surface area contributed by atoms with Crippen LogP contribution in [0.1, 0.15) is 72.6 Å². The summed E-state index contributed by atoms with van der Waals surface area (Å²) in [5, 5.41) is 17.2. The fourth-order valence-corrected chi connectivity index (χ4v) is 3.36. The zero-order valence-corrected chi connectivity index (χ0v) is 21.3. The summed E-state index contributed by atoms with van der Waals surface area (Å²) in [5.41, 5.74) is 16.6. The Morgan fingerprint density at radius 3 is 1.83 bits per heavy atom. The molecule has 0 aliphatic carbocycles. The van der Waals surface area contributed by atoms with E-state index in [1.807, 2.05) is 13.8 Å². The molecule has 0 aliphatic heterocycles. The summed E-state index contributed by atoms with van der Waals surface area (Å²) in [6.45, 7) is 7.56. The second-order valence-electron chi connectivity index (χ2n) is 9.04. The first-order chi connectivity index (χ1) is 16.4. The molecule has 0 aromatic heterocycles. The van der Waals surface area contributed by atoms with E-state index in [1.165, 1.54) is 0 Å². The SMILES string of the molecule is CCC(C)C(NC(=O)C(NC(=O)C(CCC(N)=O)NC(=O)C(N)CCCCN)C(C)CC)C(=O)O. The predicted molar refractivity (Wildman–Crippen MR) is 132 cm³/mol. The maximum atomic E-state index is 13.1. The molecule has 0 saturated heterocycles. The number of primary amides is 1. The zero-order valence-electron chi connectivity index (χ0n) is 21.3. The van der Waals surface area contributed by atoms with Gasteiger partial charge in [-0.15, -0.1) is 0 Å². The number of carboxylic acids is 1. The summed E-state index contributed by atoms with van der Waals surface area (Å²) >= 11 is 0. The van der Waals surface area contributed by atoms with Gasteiger partial charge in [0.1, 0.15) is 18.1 Å². The van der Waals surface area contributed by atoms with Crippen LogP contribution in [0.2, 0.25) is 0 Å². The van der Waals surface area contributed by atoms with E-state index in [9.17, 15) is 29.1 Å². The number of carboxylic acid groups (broad SMARTS) is 1. The number of unbranched alkanes of at least 4 members (excludes halogenated alkanes) is 1. The average molecular weight is 501 g/mol. The fourth-order valence-electron chi connectivity index (χ4n) is 3.36. The van der Waals surface area contributed by atoms with E-state index in [0.29, 0.717) is 38.6 Å². The van der Waals surface area contributed by atoms with Crippen molar-refractivity contribution in [1.82, 2.24) is 16.0 Å². The number of nitrogens with two attached hydrogens (primary N) is 3. The average Bonchev–Trinajstić information content (AvgIpc) is 2.81. The summed E-state index contributed by atoms with van der Waals surface area (Å²) < 4.78 is 0. The highest BCUT2D eigenvalue weighted by Crippen LogP contribution is 2.13. The van der Waals surface area contributed by atoms with Crippen LogP contribution >= 0.6 is 0 Å². The van der Waals surface area contributed by atoms with Crippen molar-refractivity contribution < 1.29 is 29.1 Å². The second kappa shape index (κ2) is 16.8. The second-order valence-corrected chi connectivity index (χ2v) is 9.04. The lowest BCUT2D eigenvalue weighted by Gasteiger charge is -2.29. The highest BCUT2D eigenvalue weighted by Gasteiger charge is 2.34. The molecular formula is C23H44N6O6. The van der Waals surface area contributed by atoms with Crippen molar-refractivity contribution in [3.63, 3.8) is 0 Å². The van der Waals surface area contributed by atoms with Gasteiger partial charge < -0.3 is 38.3 Å². The number of rotatable bonds is 18. The Labute approximate surface area is 207 Å². The van der Waals surface area contributed by atoms with Crippen LogP contribution in [0.4, 0.5) is 0 Å². The molecule has 6 atom stereocenters. The minimum Gasteiger partial charge on any atom is -0.480 e. The van der Waals surface area contributed by atoms with E-state index in [1.54, 1.807) is 13.8 Å². The van der Waals surface area contributed by atoms with E-state index in [2.05, 4.69) is 16.0 Å². The lowest BCUT2D eigenvalue weighted by atomic mass is 9.95. The van der Waals surface area contributed by atoms with Crippen LogP contribution in [0.5, 0.6) is 0 Å². The maximum Gasteiger partial charge on any atom is 0.326 e. The van der Waals surface area contributed by atoms with E-state index in [0.717, 1.165) is 0 Å². The minimum absolute atomic E-state index is 0.0815. The van der Waals surface area contributed by atoms with Crippen LogP contribution in [0, 0.1) is 11.8 Å². The highest BCUT2D eigenvalue weighted by atomic mass is 16.4. The van der Waals surface area contributed by atoms with Crippen molar-refractivity contribution in [2.75, 3.05) is 6.54 Å². The summed E-state index contributed by atoms with van der Waals surface area (Å²) in [6.07, 6.45) is 2.51. The van der Waals surface area contributed by atoms with Gasteiger partial charge in [0.2, 0.25) is 23.6 Å². The lowest BCUT2D eigenvalue weighted by molar-refractivity contribution is -0.144. The van der Waals surface area contributed by atoms with Crippen LogP contribution in [-0.4, -0.2) is 65.4 Å². The van der Waals surface area contributed by atoms with Gasteiger partial charge >= 0.3 is 5.97 Å². The van der Waals surface area contributed by atoms with Crippen LogP contribution in [0.15, 0.2) is 0 Å². The smallest absolute Gasteiger partial charge is 0.326 e. The molecule has 10 N–H and O–H groups in total. The summed E-state index contributed by atoms with van der Waals surface area (Å²) in [5.74, 6) is -4.39. The van der Waals surface area contributed by atoms with Crippen LogP contribution < -0.4 is 33.2 Å². The number of aliphatic carboxylic acids is 1. The normalized spacial score (nSPS) is 16.2. The fraction of sp³-hybridized carbons (Fsp3) is 0.783. The van der Waals surface area contributed by atoms with Crippen molar-refractivity contribution in [3.8, 4) is 0 Å². The van der Waals surface area contributed by atoms with Crippen molar-refractivity contribution in [1.29, 1.82) is 0 Å². The largest absolute Gasteiger partial charge is 0.480 e. The van der Waals surface area contributed by atoms with Gasteiger partial charge in [0, 0.05) is 6.42 Å². The molecule has 4 amide bonds. The molecule has 202 valence electrons. The van der Waals surface area contributed by atoms with E-state index >= 15 is 0 Å². The Kier molecular flexibility index (Phi) is 15.5. The highest BCUT2D eigenvalue weighted by molar-refractivity contribution is 5.94. The minimum atomic E-state index is -1.17. The van der Waals surface area contributed by atoms with Crippen molar-refractivity contribution in [3.05, 3.63) is 0 Å². The van der Waals surface area contributed by atoms with E-state index in [-0.39, 0.29) is 24.7 Å². The van der Waals surface area contributed by atoms with Gasteiger partial charge in [-0.1, -0.05) is 47.0 Å². The van der Waals surface area contributed by atoms with Gasteiger partial charge in [-0.05, 0) is 37.6 Å². The van der Waals surface area contributed by atoms with Crippen molar-refractivity contribution >= 4 is 29.6 Å². The van der Waals surface area contributed by atoms with Gasteiger partial charge in [-0.2, -0.15) is 0 Å². The molecule has 0 heterocycles. The van der Waals surface area contributed by atoms with Gasteiger partial charge in [-0.3, -0.25) is 19.2 Å². The Hall–Kier alpha value is -2.73. The molecule has 12 nitrogen and oxygen atoms in total. The molecule has 12 heteroatoms. The van der Waals surface area contributed by atoms with Gasteiger partial charge in [0.15, 0.2) is 0 Å². The number of hydrogen-bond acceptors (Lipinski definition) is 7. The van der Waals surface area contributed by atoms with Gasteiger partial charge in [-0.25, -0.2) is 4.79 Å². The quantitative estimate of drug-likeness (QED) is 0.119. The molecule has 0 bridgehead atoms. The number of nitrogens with one attached hydrogen (secondary N) is 3. The Balaban J connectivity index is 5.59.